The first-order valence-corrected chi connectivity index (χ1v) is 11.5. The van der Waals surface area contributed by atoms with Gasteiger partial charge in [-0.3, -0.25) is 14.9 Å². The molecule has 0 bridgehead atoms. The van der Waals surface area contributed by atoms with Crippen molar-refractivity contribution in [1.29, 1.82) is 0 Å². The van der Waals surface area contributed by atoms with Crippen LogP contribution in [0.4, 0.5) is 10.7 Å². The normalized spacial score (nSPS) is 19.0. The number of hydrogen-bond donors (Lipinski definition) is 2. The lowest BCUT2D eigenvalue weighted by Crippen LogP contribution is -2.38. The Hall–Kier alpha value is -3.72. The summed E-state index contributed by atoms with van der Waals surface area (Å²) in [4.78, 5) is 36.9. The lowest BCUT2D eigenvalue weighted by Gasteiger charge is -2.27. The van der Waals surface area contributed by atoms with Crippen LogP contribution in [0.25, 0.3) is 0 Å². The van der Waals surface area contributed by atoms with E-state index >= 15 is 0 Å². The van der Waals surface area contributed by atoms with E-state index in [0.717, 1.165) is 35.4 Å². The highest BCUT2D eigenvalue weighted by molar-refractivity contribution is 7.16. The molecule has 0 fully saturated rings. The van der Waals surface area contributed by atoms with Crippen LogP contribution in [0.2, 0.25) is 0 Å². The lowest BCUT2D eigenvalue weighted by atomic mass is 9.88. The number of non-ortho nitro benzene ring substituents is 1. The maximum atomic E-state index is 12.9. The first-order valence-electron chi connectivity index (χ1n) is 10.7. The predicted octanol–water partition coefficient (Wildman–Crippen LogP) is 4.85. The second kappa shape index (κ2) is 8.32. The van der Waals surface area contributed by atoms with E-state index in [2.05, 4.69) is 17.6 Å². The SMILES string of the molecule is C[C@H]1CCc2c(sc3c2C(=O)N[C@@H](c2cccc(OC(=O)c4ccc([N+](=O)[O-])cc4)c2)N3)C1. The van der Waals surface area contributed by atoms with Crippen molar-refractivity contribution in [3.05, 3.63) is 85.8 Å². The molecule has 0 unspecified atom stereocenters. The standard InChI is InChI=1S/C24H21N3O5S/c1-13-5-10-18-19(11-13)33-23-20(18)22(28)25-21(26-23)15-3-2-4-17(12-15)32-24(29)14-6-8-16(9-7-14)27(30)31/h2-4,6-9,12-13,21,26H,5,10-11H2,1H3,(H,25,28)/t13-,21+/m0/s1. The first-order chi connectivity index (χ1) is 15.9. The molecule has 1 aromatic heterocycles. The summed E-state index contributed by atoms with van der Waals surface area (Å²) in [7, 11) is 0. The predicted molar refractivity (Wildman–Crippen MR) is 124 cm³/mol. The van der Waals surface area contributed by atoms with Gasteiger partial charge < -0.3 is 15.4 Å². The molecular weight excluding hydrogens is 442 g/mol. The van der Waals surface area contributed by atoms with Crippen LogP contribution in [0.3, 0.4) is 0 Å². The van der Waals surface area contributed by atoms with Gasteiger partial charge in [-0.2, -0.15) is 0 Å². The quantitative estimate of drug-likeness (QED) is 0.248. The minimum atomic E-state index is -0.620. The van der Waals surface area contributed by atoms with Gasteiger partial charge in [-0.25, -0.2) is 4.79 Å². The Morgan fingerprint density at radius 2 is 1.97 bits per heavy atom. The molecule has 5 rings (SSSR count). The van der Waals surface area contributed by atoms with Gasteiger partial charge in [-0.15, -0.1) is 11.3 Å². The van der Waals surface area contributed by atoms with Crippen molar-refractivity contribution < 1.29 is 19.2 Å². The van der Waals surface area contributed by atoms with E-state index in [-0.39, 0.29) is 17.2 Å². The highest BCUT2D eigenvalue weighted by Gasteiger charge is 2.33. The van der Waals surface area contributed by atoms with Gasteiger partial charge in [0.1, 0.15) is 16.9 Å². The minimum absolute atomic E-state index is 0.0888. The van der Waals surface area contributed by atoms with E-state index in [1.165, 1.54) is 34.7 Å². The molecule has 0 spiro atoms. The van der Waals surface area contributed by atoms with Crippen LogP contribution in [0.1, 0.15) is 56.2 Å². The Balaban J connectivity index is 1.34. The Kier molecular flexibility index (Phi) is 5.33. The molecule has 1 aliphatic carbocycles. The van der Waals surface area contributed by atoms with Gasteiger partial charge in [-0.1, -0.05) is 19.1 Å². The molecule has 0 saturated carbocycles. The van der Waals surface area contributed by atoms with Crippen LogP contribution < -0.4 is 15.4 Å². The van der Waals surface area contributed by atoms with Crippen molar-refractivity contribution in [2.24, 2.45) is 5.92 Å². The fraction of sp³-hybridized carbons (Fsp3) is 0.250. The number of rotatable bonds is 4. The number of carbonyl (C=O) groups excluding carboxylic acids is 2. The number of amides is 1. The second-order valence-electron chi connectivity index (χ2n) is 8.37. The number of thiophene rings is 1. The summed E-state index contributed by atoms with van der Waals surface area (Å²) in [6, 6.07) is 12.2. The number of hydrogen-bond acceptors (Lipinski definition) is 7. The molecule has 2 aromatic carbocycles. The molecule has 33 heavy (non-hydrogen) atoms. The van der Waals surface area contributed by atoms with Crippen LogP contribution in [-0.4, -0.2) is 16.8 Å². The molecular formula is C24H21N3O5S. The smallest absolute Gasteiger partial charge is 0.343 e. The molecule has 2 aliphatic rings. The summed E-state index contributed by atoms with van der Waals surface area (Å²) in [5.41, 5.74) is 2.79. The molecule has 0 radical (unpaired) electrons. The molecule has 1 amide bonds. The number of nitro groups is 1. The Morgan fingerprint density at radius 3 is 2.73 bits per heavy atom. The highest BCUT2D eigenvalue weighted by Crippen LogP contribution is 2.42. The zero-order valence-corrected chi connectivity index (χ0v) is 18.6. The Bertz CT molecular complexity index is 1270. The molecule has 8 nitrogen and oxygen atoms in total. The van der Waals surface area contributed by atoms with E-state index in [9.17, 15) is 19.7 Å². The fourth-order valence-corrected chi connectivity index (χ4v) is 5.71. The zero-order valence-electron chi connectivity index (χ0n) is 17.8. The molecule has 168 valence electrons. The third-order valence-electron chi connectivity index (χ3n) is 6.01. The van der Waals surface area contributed by atoms with E-state index in [1.54, 1.807) is 29.5 Å². The number of ether oxygens (including phenoxy) is 1. The van der Waals surface area contributed by atoms with Crippen LogP contribution >= 0.6 is 11.3 Å². The van der Waals surface area contributed by atoms with Crippen LogP contribution in [0, 0.1) is 16.0 Å². The molecule has 2 N–H and O–H groups in total. The van der Waals surface area contributed by atoms with Gasteiger partial charge in [0.2, 0.25) is 0 Å². The monoisotopic (exact) mass is 463 g/mol. The number of nitrogens with one attached hydrogen (secondary N) is 2. The molecule has 9 heteroatoms. The number of benzene rings is 2. The van der Waals surface area contributed by atoms with Gasteiger partial charge in [0, 0.05) is 17.0 Å². The maximum Gasteiger partial charge on any atom is 0.343 e. The van der Waals surface area contributed by atoms with Gasteiger partial charge in [0.15, 0.2) is 0 Å². The van der Waals surface area contributed by atoms with E-state index in [0.29, 0.717) is 11.7 Å². The van der Waals surface area contributed by atoms with Crippen LogP contribution in [0.15, 0.2) is 48.5 Å². The van der Waals surface area contributed by atoms with Crippen molar-refractivity contribution in [2.75, 3.05) is 5.32 Å². The third kappa shape index (κ3) is 4.07. The van der Waals surface area contributed by atoms with E-state index in [1.807, 2.05) is 6.07 Å². The summed E-state index contributed by atoms with van der Waals surface area (Å²) in [5.74, 6) is 0.231. The minimum Gasteiger partial charge on any atom is -0.423 e. The van der Waals surface area contributed by atoms with Crippen molar-refractivity contribution >= 4 is 33.9 Å². The zero-order chi connectivity index (χ0) is 23.1. The number of carbonyl (C=O) groups is 2. The summed E-state index contributed by atoms with van der Waals surface area (Å²) in [6.07, 6.45) is 2.58. The number of esters is 1. The summed E-state index contributed by atoms with van der Waals surface area (Å²) in [5, 5.41) is 18.1. The number of nitrogens with zero attached hydrogens (tertiary/aromatic N) is 1. The largest absolute Gasteiger partial charge is 0.423 e. The molecule has 2 heterocycles. The third-order valence-corrected chi connectivity index (χ3v) is 7.19. The number of fused-ring (bicyclic) bond motifs is 3. The van der Waals surface area contributed by atoms with Crippen molar-refractivity contribution in [3.63, 3.8) is 0 Å². The lowest BCUT2D eigenvalue weighted by molar-refractivity contribution is -0.384. The summed E-state index contributed by atoms with van der Waals surface area (Å²) in [6.45, 7) is 2.24. The van der Waals surface area contributed by atoms with Crippen LogP contribution in [-0.2, 0) is 12.8 Å². The molecule has 3 aromatic rings. The van der Waals surface area contributed by atoms with Gasteiger partial charge in [-0.05, 0) is 60.6 Å². The van der Waals surface area contributed by atoms with Crippen molar-refractivity contribution in [1.82, 2.24) is 5.32 Å². The molecule has 0 saturated heterocycles. The maximum absolute atomic E-state index is 12.9. The average Bonchev–Trinajstić information content (AvgIpc) is 3.17. The molecule has 2 atom stereocenters. The number of nitro benzene ring substituents is 1. The second-order valence-corrected chi connectivity index (χ2v) is 9.48. The average molecular weight is 464 g/mol. The van der Waals surface area contributed by atoms with Crippen molar-refractivity contribution in [2.45, 2.75) is 32.4 Å². The highest BCUT2D eigenvalue weighted by atomic mass is 32.1. The summed E-state index contributed by atoms with van der Waals surface area (Å²) >= 11 is 1.65. The Labute approximate surface area is 193 Å². The number of anilines is 1. The Morgan fingerprint density at radius 1 is 1.18 bits per heavy atom. The van der Waals surface area contributed by atoms with E-state index < -0.39 is 17.1 Å². The van der Waals surface area contributed by atoms with E-state index in [4.69, 9.17) is 4.74 Å². The van der Waals surface area contributed by atoms with Crippen LogP contribution in [0.5, 0.6) is 5.75 Å². The van der Waals surface area contributed by atoms with Crippen molar-refractivity contribution in [3.8, 4) is 5.75 Å². The molecule has 1 aliphatic heterocycles. The topological polar surface area (TPSA) is 111 Å². The fourth-order valence-electron chi connectivity index (χ4n) is 4.27. The van der Waals surface area contributed by atoms with Gasteiger partial charge in [0.05, 0.1) is 16.1 Å². The van der Waals surface area contributed by atoms with Gasteiger partial charge >= 0.3 is 5.97 Å². The van der Waals surface area contributed by atoms with Gasteiger partial charge in [0.25, 0.3) is 11.6 Å². The first kappa shape index (κ1) is 21.1. The summed E-state index contributed by atoms with van der Waals surface area (Å²) < 4.78 is 5.46.